The van der Waals surface area contributed by atoms with Crippen LogP contribution in [-0.2, 0) is 19.9 Å². The Morgan fingerprint density at radius 1 is 1.02 bits per heavy atom. The van der Waals surface area contributed by atoms with Crippen LogP contribution in [0.25, 0.3) is 22.5 Å². The van der Waals surface area contributed by atoms with Crippen LogP contribution in [0.3, 0.4) is 0 Å². The van der Waals surface area contributed by atoms with E-state index < -0.39 is 59.8 Å². The minimum Gasteiger partial charge on any atom is -0.463 e. The molecule has 1 amide bonds. The van der Waals surface area contributed by atoms with E-state index in [9.17, 15) is 27.2 Å². The van der Waals surface area contributed by atoms with E-state index in [1.165, 1.54) is 23.1 Å². The van der Waals surface area contributed by atoms with Crippen LogP contribution in [0, 0.1) is 17.8 Å². The maximum absolute atomic E-state index is 15.0. The Bertz CT molecular complexity index is 2040. The number of nitrogens with two attached hydrogens (primary N) is 1. The number of halogens is 5. The molecule has 0 saturated heterocycles. The summed E-state index contributed by atoms with van der Waals surface area (Å²) >= 11 is 6.48. The van der Waals surface area contributed by atoms with Gasteiger partial charge in [0.2, 0.25) is 0 Å². The molecule has 0 spiro atoms. The summed E-state index contributed by atoms with van der Waals surface area (Å²) < 4.78 is 62.5. The summed E-state index contributed by atoms with van der Waals surface area (Å²) in [5, 5.41) is 3.65. The van der Waals surface area contributed by atoms with Crippen molar-refractivity contribution in [3.8, 4) is 22.5 Å². The Kier molecular flexibility index (Phi) is 9.86. The standard InChI is InChI=1S/C37H39ClF4N8O3/c1-21-44-16-24(17-45-21)22-6-9-25(10-7-22)37(19-34(2,3)4)31(52)49(33(43)48-37)28(18-53-29(51)15-36(12-13-36)35(5,41)42)23-8-11-27(38)26(14-23)30-46-20-47-50(30)32(39)40/h6-11,14,16-17,20,28,32H,12-13,15,18-19H2,1-5H3,(H2,43,48)/t28?,37-/m1/s1. The van der Waals surface area contributed by atoms with E-state index in [4.69, 9.17) is 27.1 Å². The highest BCUT2D eigenvalue weighted by atomic mass is 35.5. The minimum absolute atomic E-state index is 0.0516. The van der Waals surface area contributed by atoms with Gasteiger partial charge in [-0.3, -0.25) is 14.5 Å². The lowest BCUT2D eigenvalue weighted by molar-refractivity contribution is -0.153. The van der Waals surface area contributed by atoms with Crippen molar-refractivity contribution >= 4 is 29.4 Å². The number of esters is 1. The van der Waals surface area contributed by atoms with Crippen LogP contribution in [0.2, 0.25) is 5.02 Å². The van der Waals surface area contributed by atoms with E-state index in [2.05, 4.69) is 20.1 Å². The molecule has 0 radical (unpaired) electrons. The van der Waals surface area contributed by atoms with Crippen molar-refractivity contribution in [2.24, 2.45) is 21.6 Å². The zero-order valence-electron chi connectivity index (χ0n) is 29.8. The molecule has 2 aromatic carbocycles. The quantitative estimate of drug-likeness (QED) is 0.115. The maximum Gasteiger partial charge on any atom is 0.335 e. The largest absolute Gasteiger partial charge is 0.463 e. The number of hydrogen-bond acceptors (Lipinski definition) is 9. The summed E-state index contributed by atoms with van der Waals surface area (Å²) in [6.07, 6.45) is 4.36. The molecule has 2 aliphatic rings. The lowest BCUT2D eigenvalue weighted by atomic mass is 9.75. The van der Waals surface area contributed by atoms with Crippen LogP contribution in [-0.4, -0.2) is 60.0 Å². The average molecular weight is 755 g/mol. The molecule has 1 aliphatic carbocycles. The van der Waals surface area contributed by atoms with Gasteiger partial charge in [0, 0.05) is 28.9 Å². The second-order valence-corrected chi connectivity index (χ2v) is 15.3. The van der Waals surface area contributed by atoms with Crippen molar-refractivity contribution < 1.29 is 31.9 Å². The topological polar surface area (TPSA) is 141 Å². The number of amides is 1. The molecule has 1 fully saturated rings. The molecule has 4 aromatic rings. The van der Waals surface area contributed by atoms with Gasteiger partial charge in [0.25, 0.3) is 11.8 Å². The number of alkyl halides is 4. The number of hydrogen-bond donors (Lipinski definition) is 1. The second-order valence-electron chi connectivity index (χ2n) is 14.9. The Morgan fingerprint density at radius 2 is 1.68 bits per heavy atom. The van der Waals surface area contributed by atoms with Crippen LogP contribution >= 0.6 is 11.6 Å². The van der Waals surface area contributed by atoms with Gasteiger partial charge in [0.05, 0.1) is 17.5 Å². The van der Waals surface area contributed by atoms with Crippen molar-refractivity contribution in [1.29, 1.82) is 0 Å². The first-order chi connectivity index (χ1) is 24.8. The van der Waals surface area contributed by atoms with Crippen LogP contribution in [0.15, 0.2) is 66.2 Å². The van der Waals surface area contributed by atoms with Crippen molar-refractivity contribution in [1.82, 2.24) is 29.6 Å². The monoisotopic (exact) mass is 754 g/mol. The van der Waals surface area contributed by atoms with E-state index in [-0.39, 0.29) is 47.2 Å². The fourth-order valence-corrected chi connectivity index (χ4v) is 7.00. The third-order valence-electron chi connectivity index (χ3n) is 9.74. The fraction of sp³-hybridized carbons (Fsp3) is 0.432. The zero-order valence-corrected chi connectivity index (χ0v) is 30.5. The van der Waals surface area contributed by atoms with E-state index in [1.54, 1.807) is 31.5 Å². The lowest BCUT2D eigenvalue weighted by Gasteiger charge is -2.35. The number of carbonyl (C=O) groups excluding carboxylic acids is 2. The van der Waals surface area contributed by atoms with Gasteiger partial charge in [-0.1, -0.05) is 62.7 Å². The Hall–Kier alpha value is -4.92. The molecular weight excluding hydrogens is 716 g/mol. The second kappa shape index (κ2) is 13.8. The molecule has 1 aliphatic heterocycles. The molecule has 53 heavy (non-hydrogen) atoms. The molecule has 11 nitrogen and oxygen atoms in total. The van der Waals surface area contributed by atoms with Crippen molar-refractivity contribution in [3.63, 3.8) is 0 Å². The smallest absolute Gasteiger partial charge is 0.335 e. The molecule has 2 atom stereocenters. The summed E-state index contributed by atoms with van der Waals surface area (Å²) in [4.78, 5) is 46.6. The Labute approximate surface area is 308 Å². The lowest BCUT2D eigenvalue weighted by Crippen LogP contribution is -2.47. The molecule has 0 bridgehead atoms. The molecule has 1 saturated carbocycles. The third-order valence-corrected chi connectivity index (χ3v) is 10.1. The minimum atomic E-state index is -3.10. The number of rotatable bonds is 12. The number of aromatic nitrogens is 5. The highest BCUT2D eigenvalue weighted by Gasteiger charge is 2.60. The summed E-state index contributed by atoms with van der Waals surface area (Å²) in [6, 6.07) is 10.4. The number of aryl methyl sites for hydroxylation is 1. The maximum atomic E-state index is 15.0. The zero-order chi connectivity index (χ0) is 38.5. The average Bonchev–Trinajstić information content (AvgIpc) is 3.63. The number of ether oxygens (including phenoxy) is 1. The normalized spacial score (nSPS) is 19.0. The molecule has 16 heteroatoms. The van der Waals surface area contributed by atoms with Gasteiger partial charge in [0.15, 0.2) is 17.3 Å². The molecule has 280 valence electrons. The molecule has 1 unspecified atom stereocenters. The Morgan fingerprint density at radius 3 is 2.26 bits per heavy atom. The van der Waals surface area contributed by atoms with Crippen LogP contribution in [0.1, 0.15) is 82.9 Å². The van der Waals surface area contributed by atoms with Crippen LogP contribution in [0.4, 0.5) is 17.6 Å². The predicted octanol–water partition coefficient (Wildman–Crippen LogP) is 7.66. The first-order valence-corrected chi connectivity index (χ1v) is 17.3. The molecular formula is C37H39ClF4N8O3. The molecule has 2 N–H and O–H groups in total. The van der Waals surface area contributed by atoms with Crippen molar-refractivity contribution in [2.75, 3.05) is 6.61 Å². The highest BCUT2D eigenvalue weighted by Crippen LogP contribution is 2.59. The summed E-state index contributed by atoms with van der Waals surface area (Å²) in [5.41, 5.74) is 5.57. The van der Waals surface area contributed by atoms with E-state index in [0.717, 1.165) is 24.4 Å². The number of carbonyl (C=O) groups is 2. The molecule has 6 rings (SSSR count). The van der Waals surface area contributed by atoms with Gasteiger partial charge in [0.1, 0.15) is 18.8 Å². The third kappa shape index (κ3) is 7.48. The summed E-state index contributed by atoms with van der Waals surface area (Å²) in [7, 11) is 0. The van der Waals surface area contributed by atoms with Gasteiger partial charge in [-0.15, -0.1) is 0 Å². The summed E-state index contributed by atoms with van der Waals surface area (Å²) in [6.45, 7) is 4.86. The number of benzene rings is 2. The van der Waals surface area contributed by atoms with Crippen LogP contribution < -0.4 is 5.73 Å². The fourth-order valence-electron chi connectivity index (χ4n) is 6.80. The first kappa shape index (κ1) is 37.8. The SMILES string of the molecule is Cc1ncc(-c2ccc([C@@]3(CC(C)(C)C)N=C(N)N(C(COC(=O)CC4(C(C)(F)F)CC4)c4ccc(Cl)c(-c5ncnn5C(F)F)c4)C3=O)cc2)cn1. The number of nitrogens with zero attached hydrogens (tertiary/aromatic N) is 7. The van der Waals surface area contributed by atoms with Gasteiger partial charge < -0.3 is 10.5 Å². The van der Waals surface area contributed by atoms with Gasteiger partial charge in [-0.25, -0.2) is 28.7 Å². The van der Waals surface area contributed by atoms with E-state index >= 15 is 0 Å². The summed E-state index contributed by atoms with van der Waals surface area (Å²) in [5.74, 6) is -4.35. The van der Waals surface area contributed by atoms with Crippen molar-refractivity contribution in [2.45, 2.75) is 84.4 Å². The first-order valence-electron chi connectivity index (χ1n) is 16.9. The van der Waals surface area contributed by atoms with E-state index in [1.807, 2.05) is 32.9 Å². The van der Waals surface area contributed by atoms with Crippen LogP contribution in [0.5, 0.6) is 0 Å². The Balaban J connectivity index is 1.41. The predicted molar refractivity (Wildman–Crippen MR) is 189 cm³/mol. The van der Waals surface area contributed by atoms with Gasteiger partial charge in [-0.05, 0) is 67.3 Å². The number of guanidine groups is 1. The highest BCUT2D eigenvalue weighted by molar-refractivity contribution is 6.33. The number of aliphatic imine (C=N–C) groups is 1. The van der Waals surface area contributed by atoms with Gasteiger partial charge >= 0.3 is 12.5 Å². The van der Waals surface area contributed by atoms with E-state index in [0.29, 0.717) is 16.1 Å². The molecule has 2 aromatic heterocycles. The molecule has 3 heterocycles. The van der Waals surface area contributed by atoms with Gasteiger partial charge in [-0.2, -0.15) is 18.6 Å². The van der Waals surface area contributed by atoms with Crippen molar-refractivity contribution in [3.05, 3.63) is 83.2 Å².